The molecule has 2 amide bonds. The first-order valence-electron chi connectivity index (χ1n) is 12.0. The van der Waals surface area contributed by atoms with E-state index in [2.05, 4.69) is 37.5 Å². The van der Waals surface area contributed by atoms with E-state index >= 15 is 0 Å². The molecule has 2 aliphatic rings. The van der Waals surface area contributed by atoms with Crippen molar-refractivity contribution in [2.24, 2.45) is 5.92 Å². The molecule has 172 valence electrons. The predicted molar refractivity (Wildman–Crippen MR) is 130 cm³/mol. The van der Waals surface area contributed by atoms with Crippen molar-refractivity contribution >= 4 is 28.5 Å². The van der Waals surface area contributed by atoms with E-state index in [0.717, 1.165) is 59.6 Å². The number of anilines is 1. The highest BCUT2D eigenvalue weighted by atomic mass is 16.2. The van der Waals surface area contributed by atoms with E-state index < -0.39 is 0 Å². The molecule has 3 aromatic rings. The molecule has 2 aromatic carbocycles. The van der Waals surface area contributed by atoms with Crippen LogP contribution in [0.4, 0.5) is 5.69 Å². The Hall–Kier alpha value is -3.15. The smallest absolute Gasteiger partial charge is 0.242 e. The first-order valence-corrected chi connectivity index (χ1v) is 12.0. The average molecular weight is 445 g/mol. The minimum atomic E-state index is -0.0434. The van der Waals surface area contributed by atoms with Crippen molar-refractivity contribution in [1.82, 2.24) is 14.5 Å². The second kappa shape index (κ2) is 8.65. The Labute approximate surface area is 195 Å². The van der Waals surface area contributed by atoms with Gasteiger partial charge in [-0.15, -0.1) is 0 Å². The van der Waals surface area contributed by atoms with E-state index in [9.17, 15) is 9.59 Å². The molecule has 0 N–H and O–H groups in total. The summed E-state index contributed by atoms with van der Waals surface area (Å²) < 4.78 is 2.06. The topological polar surface area (TPSA) is 58.4 Å². The second-order valence-electron chi connectivity index (χ2n) is 9.75. The third-order valence-electron chi connectivity index (χ3n) is 7.31. The van der Waals surface area contributed by atoms with Crippen LogP contribution in [0, 0.1) is 19.8 Å². The minimum Gasteiger partial charge on any atom is -0.341 e. The van der Waals surface area contributed by atoms with Crippen LogP contribution in [0.5, 0.6) is 0 Å². The van der Waals surface area contributed by atoms with Crippen molar-refractivity contribution in [3.8, 4) is 0 Å². The van der Waals surface area contributed by atoms with Crippen LogP contribution in [0.3, 0.4) is 0 Å². The van der Waals surface area contributed by atoms with E-state index in [-0.39, 0.29) is 24.3 Å². The number of imidazole rings is 1. The quantitative estimate of drug-likeness (QED) is 0.598. The molecule has 0 saturated carbocycles. The van der Waals surface area contributed by atoms with E-state index in [1.165, 1.54) is 0 Å². The fourth-order valence-corrected chi connectivity index (χ4v) is 5.39. The van der Waals surface area contributed by atoms with Gasteiger partial charge in [-0.3, -0.25) is 9.59 Å². The first kappa shape index (κ1) is 21.7. The summed E-state index contributed by atoms with van der Waals surface area (Å²) in [5, 5.41) is 0. The Balaban J connectivity index is 1.46. The molecule has 2 fully saturated rings. The number of carbonyl (C=O) groups excluding carboxylic acids is 2. The van der Waals surface area contributed by atoms with Gasteiger partial charge in [-0.2, -0.15) is 0 Å². The van der Waals surface area contributed by atoms with Gasteiger partial charge in [0.2, 0.25) is 11.8 Å². The normalized spacial score (nSPS) is 19.6. The molecule has 0 radical (unpaired) electrons. The van der Waals surface area contributed by atoms with Crippen molar-refractivity contribution in [2.45, 2.75) is 52.5 Å². The number of benzene rings is 2. The molecule has 0 spiro atoms. The predicted octanol–water partition coefficient (Wildman–Crippen LogP) is 4.43. The monoisotopic (exact) mass is 444 g/mol. The summed E-state index contributed by atoms with van der Waals surface area (Å²) in [7, 11) is 0. The number of likely N-dealkylation sites (tertiary alicyclic amines) is 1. The highest BCUT2D eigenvalue weighted by Crippen LogP contribution is 2.36. The van der Waals surface area contributed by atoms with Crippen LogP contribution in [0.15, 0.2) is 42.5 Å². The number of hydrogen-bond acceptors (Lipinski definition) is 3. The third-order valence-corrected chi connectivity index (χ3v) is 7.31. The number of para-hydroxylation sites is 3. The zero-order chi connectivity index (χ0) is 23.1. The Kier molecular flexibility index (Phi) is 5.69. The Morgan fingerprint density at radius 1 is 1.03 bits per heavy atom. The highest BCUT2D eigenvalue weighted by Gasteiger charge is 2.36. The Morgan fingerprint density at radius 2 is 1.73 bits per heavy atom. The van der Waals surface area contributed by atoms with Crippen molar-refractivity contribution in [3.05, 3.63) is 59.4 Å². The first-order chi connectivity index (χ1) is 15.9. The Bertz CT molecular complexity index is 1190. The van der Waals surface area contributed by atoms with Gasteiger partial charge >= 0.3 is 0 Å². The molecule has 6 nitrogen and oxygen atoms in total. The van der Waals surface area contributed by atoms with Crippen LogP contribution in [0.2, 0.25) is 0 Å². The lowest BCUT2D eigenvalue weighted by Gasteiger charge is -2.30. The summed E-state index contributed by atoms with van der Waals surface area (Å²) in [6.07, 6.45) is 2.53. The van der Waals surface area contributed by atoms with Gasteiger partial charge in [-0.25, -0.2) is 4.98 Å². The number of amides is 2. The summed E-state index contributed by atoms with van der Waals surface area (Å²) in [6.45, 7) is 8.87. The molecule has 6 heteroatoms. The van der Waals surface area contributed by atoms with E-state index in [1.807, 2.05) is 40.1 Å². The highest BCUT2D eigenvalue weighted by molar-refractivity contribution is 5.98. The molecular weight excluding hydrogens is 412 g/mol. The van der Waals surface area contributed by atoms with Crippen molar-refractivity contribution in [3.63, 3.8) is 0 Å². The van der Waals surface area contributed by atoms with Crippen molar-refractivity contribution < 1.29 is 9.59 Å². The summed E-state index contributed by atoms with van der Waals surface area (Å²) in [4.78, 5) is 35.1. The fraction of sp³-hybridized carbons (Fsp3) is 0.444. The largest absolute Gasteiger partial charge is 0.341 e. The number of hydrogen-bond donors (Lipinski definition) is 0. The summed E-state index contributed by atoms with van der Waals surface area (Å²) in [5.74, 6) is 1.74. The van der Waals surface area contributed by atoms with Gasteiger partial charge in [-0.05, 0) is 55.9 Å². The molecule has 3 heterocycles. The molecule has 1 aromatic heterocycles. The lowest BCUT2D eigenvalue weighted by molar-refractivity contribution is -0.133. The van der Waals surface area contributed by atoms with Gasteiger partial charge in [0.25, 0.3) is 0 Å². The maximum atomic E-state index is 13.2. The molecule has 0 bridgehead atoms. The molecule has 1 unspecified atom stereocenters. The lowest BCUT2D eigenvalue weighted by atomic mass is 9.99. The van der Waals surface area contributed by atoms with Gasteiger partial charge in [0.1, 0.15) is 12.4 Å². The van der Waals surface area contributed by atoms with Crippen LogP contribution in [0.1, 0.15) is 49.1 Å². The summed E-state index contributed by atoms with van der Waals surface area (Å²) in [6, 6.07) is 14.1. The van der Waals surface area contributed by atoms with Crippen molar-refractivity contribution in [2.75, 3.05) is 24.5 Å². The number of carbonyl (C=O) groups is 2. The molecule has 33 heavy (non-hydrogen) atoms. The van der Waals surface area contributed by atoms with Crippen LogP contribution in [-0.4, -0.2) is 45.9 Å². The van der Waals surface area contributed by atoms with Gasteiger partial charge in [-0.1, -0.05) is 37.3 Å². The zero-order valence-corrected chi connectivity index (χ0v) is 19.8. The standard InChI is InChI=1S/C27H32N4O2/c1-18-11-13-29(14-12-18)25(33)17-30-23-10-5-4-9-22(23)28-27(30)21-15-24(32)31(16-21)26-19(2)7-6-8-20(26)3/h4-10,18,21H,11-17H2,1-3H3. The second-order valence-corrected chi connectivity index (χ2v) is 9.75. The maximum Gasteiger partial charge on any atom is 0.242 e. The lowest BCUT2D eigenvalue weighted by Crippen LogP contribution is -2.40. The fourth-order valence-electron chi connectivity index (χ4n) is 5.39. The minimum absolute atomic E-state index is 0.0434. The van der Waals surface area contributed by atoms with Gasteiger partial charge in [0.05, 0.1) is 11.0 Å². The van der Waals surface area contributed by atoms with Crippen LogP contribution < -0.4 is 4.90 Å². The van der Waals surface area contributed by atoms with Crippen molar-refractivity contribution in [1.29, 1.82) is 0 Å². The average Bonchev–Trinajstić information content (AvgIpc) is 3.35. The molecule has 0 aliphatic carbocycles. The summed E-state index contributed by atoms with van der Waals surface area (Å²) in [5.41, 5.74) is 5.06. The number of aryl methyl sites for hydroxylation is 2. The zero-order valence-electron chi connectivity index (χ0n) is 19.8. The van der Waals surface area contributed by atoms with Crippen LogP contribution in [0.25, 0.3) is 11.0 Å². The van der Waals surface area contributed by atoms with Crippen LogP contribution >= 0.6 is 0 Å². The third kappa shape index (κ3) is 4.03. The molecule has 1 atom stereocenters. The molecule has 2 saturated heterocycles. The number of rotatable bonds is 4. The Morgan fingerprint density at radius 3 is 2.45 bits per heavy atom. The number of piperidine rings is 1. The number of fused-ring (bicyclic) bond motifs is 1. The molecule has 5 rings (SSSR count). The summed E-state index contributed by atoms with van der Waals surface area (Å²) >= 11 is 0. The SMILES string of the molecule is Cc1cccc(C)c1N1CC(c2nc3ccccc3n2CC(=O)N2CCC(C)CC2)CC1=O. The van der Waals surface area contributed by atoms with E-state index in [1.54, 1.807) is 0 Å². The van der Waals surface area contributed by atoms with Gasteiger partial charge < -0.3 is 14.4 Å². The van der Waals surface area contributed by atoms with E-state index in [0.29, 0.717) is 18.9 Å². The number of aromatic nitrogens is 2. The van der Waals surface area contributed by atoms with E-state index in [4.69, 9.17) is 4.98 Å². The molecule has 2 aliphatic heterocycles. The molecular formula is C27H32N4O2. The maximum absolute atomic E-state index is 13.2. The van der Waals surface area contributed by atoms with Gasteiger partial charge in [0, 0.05) is 37.7 Å². The van der Waals surface area contributed by atoms with Crippen LogP contribution in [-0.2, 0) is 16.1 Å². The number of nitrogens with zero attached hydrogens (tertiary/aromatic N) is 4. The van der Waals surface area contributed by atoms with Gasteiger partial charge in [0.15, 0.2) is 0 Å².